The Kier molecular flexibility index (Phi) is 4.21. The molecule has 0 aromatic carbocycles. The number of aliphatic hydroxyl groups is 1. The summed E-state index contributed by atoms with van der Waals surface area (Å²) in [6.07, 6.45) is 7.03. The largest absolute Gasteiger partial charge is 0.395 e. The van der Waals surface area contributed by atoms with Crippen LogP contribution < -0.4 is 5.32 Å². The van der Waals surface area contributed by atoms with Crippen LogP contribution in [0.25, 0.3) is 0 Å². The van der Waals surface area contributed by atoms with E-state index >= 15 is 0 Å². The fourth-order valence-electron chi connectivity index (χ4n) is 3.39. The van der Waals surface area contributed by atoms with Gasteiger partial charge in [-0.25, -0.2) is 4.98 Å². The maximum absolute atomic E-state index is 12.3. The van der Waals surface area contributed by atoms with E-state index in [4.69, 9.17) is 5.11 Å². The highest BCUT2D eigenvalue weighted by Gasteiger charge is 2.54. The van der Waals surface area contributed by atoms with Crippen LogP contribution in [0.1, 0.15) is 37.7 Å². The number of hydrogen-bond donors (Lipinski definition) is 2. The van der Waals surface area contributed by atoms with Crippen LogP contribution in [0.3, 0.4) is 0 Å². The van der Waals surface area contributed by atoms with E-state index in [-0.39, 0.29) is 18.4 Å². The van der Waals surface area contributed by atoms with Crippen molar-refractivity contribution in [3.63, 3.8) is 0 Å². The molecule has 21 heavy (non-hydrogen) atoms. The molecule has 2 unspecified atom stereocenters. The molecular formula is C17H20N2O2. The van der Waals surface area contributed by atoms with Gasteiger partial charge in [0, 0.05) is 24.1 Å². The number of aliphatic hydroxyl groups excluding tert-OH is 1. The molecule has 2 saturated carbocycles. The molecule has 1 aromatic heterocycles. The Hall–Kier alpha value is -1.86. The highest BCUT2D eigenvalue weighted by molar-refractivity contribution is 5.94. The van der Waals surface area contributed by atoms with Gasteiger partial charge in [0.25, 0.3) is 0 Å². The van der Waals surface area contributed by atoms with Crippen LogP contribution in [0.4, 0.5) is 5.82 Å². The first kappa shape index (κ1) is 14.1. The second-order valence-corrected chi connectivity index (χ2v) is 5.83. The third kappa shape index (κ3) is 3.25. The maximum atomic E-state index is 12.3. The van der Waals surface area contributed by atoms with Crippen LogP contribution in [0.15, 0.2) is 18.3 Å². The minimum Gasteiger partial charge on any atom is -0.395 e. The Balaban J connectivity index is 1.61. The molecule has 2 aliphatic rings. The standard InChI is InChI=1S/C17H20N2O2/c20-10-4-3-5-12-8-9-18-15(11-12)19-17(21)16-13-6-1-2-7-14(13)16/h8-9,11,13-14,16,20H,1-2,4,6-7,10H2,(H,18,19,21). The van der Waals surface area contributed by atoms with Crippen molar-refractivity contribution in [3.8, 4) is 11.8 Å². The number of nitrogens with zero attached hydrogens (tertiary/aromatic N) is 1. The molecule has 0 spiro atoms. The van der Waals surface area contributed by atoms with E-state index < -0.39 is 0 Å². The molecule has 1 heterocycles. The molecule has 0 saturated heterocycles. The molecule has 110 valence electrons. The lowest BCUT2D eigenvalue weighted by molar-refractivity contribution is -0.117. The second kappa shape index (κ2) is 6.28. The molecule has 1 amide bonds. The van der Waals surface area contributed by atoms with Crippen molar-refractivity contribution >= 4 is 11.7 Å². The topological polar surface area (TPSA) is 62.2 Å². The molecule has 2 aliphatic carbocycles. The summed E-state index contributed by atoms with van der Waals surface area (Å²) in [6, 6.07) is 3.59. The van der Waals surface area contributed by atoms with Crippen molar-refractivity contribution in [2.75, 3.05) is 11.9 Å². The number of carbonyl (C=O) groups is 1. The first-order valence-electron chi connectivity index (χ1n) is 7.66. The van der Waals surface area contributed by atoms with Gasteiger partial charge in [-0.3, -0.25) is 4.79 Å². The van der Waals surface area contributed by atoms with Crippen LogP contribution in [-0.4, -0.2) is 22.6 Å². The Labute approximate surface area is 125 Å². The summed E-state index contributed by atoms with van der Waals surface area (Å²) in [5, 5.41) is 11.6. The number of rotatable bonds is 3. The van der Waals surface area contributed by atoms with Crippen molar-refractivity contribution in [1.82, 2.24) is 4.98 Å². The van der Waals surface area contributed by atoms with E-state index in [9.17, 15) is 4.79 Å². The summed E-state index contributed by atoms with van der Waals surface area (Å²) in [5.41, 5.74) is 0.807. The van der Waals surface area contributed by atoms with Crippen molar-refractivity contribution in [3.05, 3.63) is 23.9 Å². The Morgan fingerprint density at radius 2 is 2.14 bits per heavy atom. The third-order valence-electron chi connectivity index (χ3n) is 4.44. The minimum atomic E-state index is 0.0616. The predicted molar refractivity (Wildman–Crippen MR) is 80.4 cm³/mol. The van der Waals surface area contributed by atoms with Gasteiger partial charge in [-0.1, -0.05) is 24.7 Å². The monoisotopic (exact) mass is 284 g/mol. The average molecular weight is 284 g/mol. The van der Waals surface area contributed by atoms with Crippen LogP contribution in [0.2, 0.25) is 0 Å². The predicted octanol–water partition coefficient (Wildman–Crippen LogP) is 2.19. The van der Waals surface area contributed by atoms with E-state index in [0.717, 1.165) is 5.56 Å². The molecule has 3 rings (SSSR count). The number of nitrogens with one attached hydrogen (secondary N) is 1. The number of anilines is 1. The molecule has 4 nitrogen and oxygen atoms in total. The minimum absolute atomic E-state index is 0.0616. The highest BCUT2D eigenvalue weighted by atomic mass is 16.2. The molecule has 0 aliphatic heterocycles. The number of hydrogen-bond acceptors (Lipinski definition) is 3. The number of pyridine rings is 1. The zero-order chi connectivity index (χ0) is 14.7. The summed E-state index contributed by atoms with van der Waals surface area (Å²) >= 11 is 0. The lowest BCUT2D eigenvalue weighted by Crippen LogP contribution is -2.16. The van der Waals surface area contributed by atoms with E-state index in [2.05, 4.69) is 22.1 Å². The van der Waals surface area contributed by atoms with Gasteiger partial charge in [-0.2, -0.15) is 0 Å². The third-order valence-corrected chi connectivity index (χ3v) is 4.44. The smallest absolute Gasteiger partial charge is 0.229 e. The van der Waals surface area contributed by atoms with E-state index in [1.54, 1.807) is 18.3 Å². The van der Waals surface area contributed by atoms with E-state index in [0.29, 0.717) is 24.1 Å². The molecule has 0 radical (unpaired) electrons. The molecule has 0 bridgehead atoms. The maximum Gasteiger partial charge on any atom is 0.229 e. The normalized spacial score (nSPS) is 26.2. The SMILES string of the molecule is O=C(Nc1cc(C#CCCO)ccn1)C1C2CCCCC21. The van der Waals surface area contributed by atoms with Gasteiger partial charge in [0.1, 0.15) is 5.82 Å². The Morgan fingerprint density at radius 3 is 2.86 bits per heavy atom. The molecule has 2 atom stereocenters. The summed E-state index contributed by atoms with van der Waals surface area (Å²) in [6.45, 7) is 0.0616. The summed E-state index contributed by atoms with van der Waals surface area (Å²) in [5.74, 6) is 7.90. The lowest BCUT2D eigenvalue weighted by atomic mass is 10.0. The zero-order valence-corrected chi connectivity index (χ0v) is 12.0. The molecule has 1 aromatic rings. The summed E-state index contributed by atoms with van der Waals surface area (Å²) in [7, 11) is 0. The number of carbonyl (C=O) groups excluding carboxylic acids is 1. The number of aromatic nitrogens is 1. The number of amides is 1. The first-order valence-corrected chi connectivity index (χ1v) is 7.66. The second-order valence-electron chi connectivity index (χ2n) is 5.83. The van der Waals surface area contributed by atoms with Gasteiger partial charge in [-0.15, -0.1) is 0 Å². The highest BCUT2D eigenvalue weighted by Crippen LogP contribution is 2.55. The van der Waals surface area contributed by atoms with Gasteiger partial charge in [0.05, 0.1) is 6.61 Å². The van der Waals surface area contributed by atoms with Crippen LogP contribution >= 0.6 is 0 Å². The zero-order valence-electron chi connectivity index (χ0n) is 12.0. The summed E-state index contributed by atoms with van der Waals surface area (Å²) < 4.78 is 0. The van der Waals surface area contributed by atoms with Gasteiger partial charge in [0.2, 0.25) is 5.91 Å². The van der Waals surface area contributed by atoms with E-state index in [1.807, 2.05) is 0 Å². The molecule has 4 heteroatoms. The Bertz CT molecular complexity index is 576. The average Bonchev–Trinajstić information content (AvgIpc) is 3.22. The van der Waals surface area contributed by atoms with Gasteiger partial charge in [-0.05, 0) is 36.8 Å². The van der Waals surface area contributed by atoms with Gasteiger partial charge >= 0.3 is 0 Å². The molecule has 2 fully saturated rings. The van der Waals surface area contributed by atoms with Gasteiger partial charge < -0.3 is 10.4 Å². The lowest BCUT2D eigenvalue weighted by Gasteiger charge is -2.04. The molecular weight excluding hydrogens is 264 g/mol. The molecule has 2 N–H and O–H groups in total. The van der Waals surface area contributed by atoms with Crippen molar-refractivity contribution in [2.45, 2.75) is 32.1 Å². The van der Waals surface area contributed by atoms with Crippen LogP contribution in [0, 0.1) is 29.6 Å². The Morgan fingerprint density at radius 1 is 1.38 bits per heavy atom. The fraction of sp³-hybridized carbons (Fsp3) is 0.529. The fourth-order valence-corrected chi connectivity index (χ4v) is 3.39. The van der Waals surface area contributed by atoms with E-state index in [1.165, 1.54) is 25.7 Å². The quantitative estimate of drug-likeness (QED) is 0.836. The first-order chi connectivity index (χ1) is 10.3. The van der Waals surface area contributed by atoms with Crippen molar-refractivity contribution < 1.29 is 9.90 Å². The number of fused-ring (bicyclic) bond motifs is 1. The van der Waals surface area contributed by atoms with Crippen LogP contribution in [0.5, 0.6) is 0 Å². The van der Waals surface area contributed by atoms with Crippen molar-refractivity contribution in [2.24, 2.45) is 17.8 Å². The van der Waals surface area contributed by atoms with Crippen molar-refractivity contribution in [1.29, 1.82) is 0 Å². The summed E-state index contributed by atoms with van der Waals surface area (Å²) in [4.78, 5) is 16.5. The van der Waals surface area contributed by atoms with Crippen LogP contribution in [-0.2, 0) is 4.79 Å². The van der Waals surface area contributed by atoms with Gasteiger partial charge in [0.15, 0.2) is 0 Å².